The Morgan fingerprint density at radius 3 is 2.83 bits per heavy atom. The van der Waals surface area contributed by atoms with Crippen LogP contribution in [0, 0.1) is 11.3 Å². The number of likely N-dealkylation sites (tertiary alicyclic amines) is 1. The van der Waals surface area contributed by atoms with Crippen molar-refractivity contribution in [2.75, 3.05) is 32.9 Å². The van der Waals surface area contributed by atoms with E-state index in [1.54, 1.807) is 6.07 Å². The Hall–Kier alpha value is -1.37. The highest BCUT2D eigenvalue weighted by Gasteiger charge is 2.48. The van der Waals surface area contributed by atoms with Crippen LogP contribution >= 0.6 is 0 Å². The molecule has 2 aliphatic heterocycles. The van der Waals surface area contributed by atoms with Gasteiger partial charge in [-0.05, 0) is 12.5 Å². The first-order valence-corrected chi connectivity index (χ1v) is 8.59. The van der Waals surface area contributed by atoms with Crippen molar-refractivity contribution in [2.45, 2.75) is 39.2 Å². The van der Waals surface area contributed by atoms with Crippen molar-refractivity contribution >= 4 is 5.91 Å². The van der Waals surface area contributed by atoms with Crippen molar-refractivity contribution in [3.63, 3.8) is 0 Å². The van der Waals surface area contributed by atoms with Crippen LogP contribution in [0.15, 0.2) is 10.5 Å². The van der Waals surface area contributed by atoms with Gasteiger partial charge in [-0.15, -0.1) is 0 Å². The third-order valence-electron chi connectivity index (χ3n) is 5.39. The first-order chi connectivity index (χ1) is 11.2. The number of amides is 1. The van der Waals surface area contributed by atoms with Gasteiger partial charge in [-0.3, -0.25) is 9.69 Å². The number of primary amides is 1. The van der Waals surface area contributed by atoms with E-state index in [2.05, 4.69) is 25.7 Å². The van der Waals surface area contributed by atoms with Crippen LogP contribution in [0.5, 0.6) is 0 Å². The molecule has 2 saturated heterocycles. The Labute approximate surface area is 142 Å². The minimum Gasteiger partial charge on any atom is -0.455 e. The summed E-state index contributed by atoms with van der Waals surface area (Å²) in [5.41, 5.74) is 6.13. The molecule has 0 spiro atoms. The molecule has 3 N–H and O–H groups in total. The molecule has 0 saturated carbocycles. The lowest BCUT2D eigenvalue weighted by Crippen LogP contribution is -2.41. The number of furan rings is 1. The van der Waals surface area contributed by atoms with E-state index in [-0.39, 0.29) is 23.2 Å². The van der Waals surface area contributed by atoms with Gasteiger partial charge in [-0.2, -0.15) is 0 Å². The van der Waals surface area contributed by atoms with Crippen LogP contribution in [0.1, 0.15) is 49.1 Å². The van der Waals surface area contributed by atoms with Crippen molar-refractivity contribution < 1.29 is 19.1 Å². The second-order valence-corrected chi connectivity index (χ2v) is 8.29. The maximum Gasteiger partial charge on any atom is 0.284 e. The van der Waals surface area contributed by atoms with Gasteiger partial charge < -0.3 is 20.0 Å². The fourth-order valence-electron chi connectivity index (χ4n) is 4.08. The Kier molecular flexibility index (Phi) is 4.49. The van der Waals surface area contributed by atoms with Gasteiger partial charge in [0.15, 0.2) is 5.76 Å². The van der Waals surface area contributed by atoms with Crippen molar-refractivity contribution in [3.8, 4) is 0 Å². The minimum atomic E-state index is -0.540. The van der Waals surface area contributed by atoms with Gasteiger partial charge in [-0.1, -0.05) is 20.8 Å². The molecule has 0 aromatic carbocycles. The average Bonchev–Trinajstić information content (AvgIpc) is 3.08. The van der Waals surface area contributed by atoms with Crippen LogP contribution in [0.25, 0.3) is 0 Å². The lowest BCUT2D eigenvalue weighted by Gasteiger charge is -2.36. The molecule has 1 aromatic heterocycles. The molecule has 1 aromatic rings. The van der Waals surface area contributed by atoms with E-state index < -0.39 is 5.91 Å². The van der Waals surface area contributed by atoms with E-state index in [0.29, 0.717) is 19.1 Å². The maximum absolute atomic E-state index is 11.5. The third-order valence-corrected chi connectivity index (χ3v) is 5.39. The van der Waals surface area contributed by atoms with Crippen LogP contribution in [-0.4, -0.2) is 48.8 Å². The van der Waals surface area contributed by atoms with Gasteiger partial charge in [0.2, 0.25) is 0 Å². The summed E-state index contributed by atoms with van der Waals surface area (Å²) in [6.07, 6.45) is 0.898. The summed E-state index contributed by atoms with van der Waals surface area (Å²) in [7, 11) is 0. The molecule has 0 bridgehead atoms. The average molecular weight is 336 g/mol. The fourth-order valence-corrected chi connectivity index (χ4v) is 4.08. The first kappa shape index (κ1) is 17.5. The van der Waals surface area contributed by atoms with Gasteiger partial charge in [-0.25, -0.2) is 0 Å². The fraction of sp³-hybridized carbons (Fsp3) is 0.722. The van der Waals surface area contributed by atoms with Gasteiger partial charge in [0.05, 0.1) is 13.2 Å². The zero-order valence-corrected chi connectivity index (χ0v) is 14.8. The molecule has 2 aliphatic rings. The topological polar surface area (TPSA) is 88.9 Å². The van der Waals surface area contributed by atoms with Crippen molar-refractivity contribution in [1.82, 2.24) is 4.90 Å². The number of nitrogens with two attached hydrogens (primary N) is 1. The zero-order chi connectivity index (χ0) is 17.5. The quantitative estimate of drug-likeness (QED) is 0.870. The first-order valence-electron chi connectivity index (χ1n) is 8.59. The number of fused-ring (bicyclic) bond motifs is 1. The molecular formula is C18H28N2O4. The second-order valence-electron chi connectivity index (χ2n) is 8.29. The van der Waals surface area contributed by atoms with E-state index in [1.807, 2.05) is 0 Å². The lowest BCUT2D eigenvalue weighted by molar-refractivity contribution is -0.0417. The number of carbonyl (C=O) groups excluding carboxylic acids is 1. The monoisotopic (exact) mass is 336 g/mol. The zero-order valence-electron chi connectivity index (χ0n) is 14.8. The van der Waals surface area contributed by atoms with Crippen molar-refractivity contribution in [1.29, 1.82) is 0 Å². The number of aliphatic hydroxyl groups is 1. The third kappa shape index (κ3) is 3.10. The summed E-state index contributed by atoms with van der Waals surface area (Å²) in [5, 5.41) is 9.93. The molecule has 2 atom stereocenters. The van der Waals surface area contributed by atoms with Crippen LogP contribution in [0.3, 0.4) is 0 Å². The SMILES string of the molecule is CC(C)(C)c1oc(C(N)=O)cc1CN1C[C@@H]2COCC[C@]2(CO)C1. The van der Waals surface area contributed by atoms with E-state index in [4.69, 9.17) is 14.9 Å². The highest BCUT2D eigenvalue weighted by molar-refractivity contribution is 5.90. The molecule has 0 unspecified atom stereocenters. The number of hydrogen-bond acceptors (Lipinski definition) is 5. The summed E-state index contributed by atoms with van der Waals surface area (Å²) in [5.74, 6) is 0.839. The van der Waals surface area contributed by atoms with Crippen LogP contribution in [0.2, 0.25) is 0 Å². The Bertz CT molecular complexity index is 619. The molecule has 1 amide bonds. The standard InChI is InChI=1S/C18H28N2O4/c1-17(2,3)15-12(6-14(24-15)16(19)22)7-20-8-13-9-23-5-4-18(13,10-20)11-21/h6,13,21H,4-5,7-11H2,1-3H3,(H2,19,22)/t13-,18-/m1/s1. The molecule has 24 heavy (non-hydrogen) atoms. The molecule has 3 heterocycles. The Morgan fingerprint density at radius 1 is 1.50 bits per heavy atom. The summed E-state index contributed by atoms with van der Waals surface area (Å²) in [4.78, 5) is 13.8. The second kappa shape index (κ2) is 6.17. The molecule has 3 rings (SSSR count). The predicted molar refractivity (Wildman–Crippen MR) is 89.6 cm³/mol. The van der Waals surface area contributed by atoms with Crippen LogP contribution in [0.4, 0.5) is 0 Å². The van der Waals surface area contributed by atoms with E-state index in [1.165, 1.54) is 0 Å². The van der Waals surface area contributed by atoms with Gasteiger partial charge in [0.1, 0.15) is 5.76 Å². The lowest BCUT2D eigenvalue weighted by atomic mass is 9.75. The number of ether oxygens (including phenoxy) is 1. The van der Waals surface area contributed by atoms with Crippen molar-refractivity contribution in [2.24, 2.45) is 17.1 Å². The summed E-state index contributed by atoms with van der Waals surface area (Å²) < 4.78 is 11.4. The molecule has 6 heteroatoms. The van der Waals surface area contributed by atoms with E-state index in [9.17, 15) is 9.90 Å². The largest absolute Gasteiger partial charge is 0.455 e. The number of nitrogens with zero attached hydrogens (tertiary/aromatic N) is 1. The van der Waals surface area contributed by atoms with E-state index >= 15 is 0 Å². The molecule has 2 fully saturated rings. The smallest absolute Gasteiger partial charge is 0.284 e. The maximum atomic E-state index is 11.5. The molecule has 0 radical (unpaired) electrons. The summed E-state index contributed by atoms with van der Waals surface area (Å²) in [6, 6.07) is 1.77. The number of rotatable bonds is 4. The Morgan fingerprint density at radius 2 is 2.25 bits per heavy atom. The highest BCUT2D eigenvalue weighted by Crippen LogP contribution is 2.42. The molecule has 134 valence electrons. The summed E-state index contributed by atoms with van der Waals surface area (Å²) >= 11 is 0. The number of hydrogen-bond donors (Lipinski definition) is 2. The van der Waals surface area contributed by atoms with Crippen LogP contribution < -0.4 is 5.73 Å². The Balaban J connectivity index is 1.83. The highest BCUT2D eigenvalue weighted by atomic mass is 16.5. The molecular weight excluding hydrogens is 308 g/mol. The normalized spacial score (nSPS) is 28.1. The number of carbonyl (C=O) groups is 1. The predicted octanol–water partition coefficient (Wildman–Crippen LogP) is 1.51. The summed E-state index contributed by atoms with van der Waals surface area (Å²) in [6.45, 7) is 10.2. The molecule has 0 aliphatic carbocycles. The van der Waals surface area contributed by atoms with Gasteiger partial charge in [0.25, 0.3) is 5.91 Å². The van der Waals surface area contributed by atoms with Crippen LogP contribution in [-0.2, 0) is 16.7 Å². The number of aliphatic hydroxyl groups excluding tert-OH is 1. The van der Waals surface area contributed by atoms with E-state index in [0.717, 1.165) is 37.4 Å². The minimum absolute atomic E-state index is 0.0591. The van der Waals surface area contributed by atoms with Crippen molar-refractivity contribution in [3.05, 3.63) is 23.2 Å². The van der Waals surface area contributed by atoms with Gasteiger partial charge >= 0.3 is 0 Å². The molecule has 6 nitrogen and oxygen atoms in total. The van der Waals surface area contributed by atoms with Gasteiger partial charge in [0, 0.05) is 48.6 Å².